The first kappa shape index (κ1) is 11.9. The van der Waals surface area contributed by atoms with Gasteiger partial charge in [-0.2, -0.15) is 0 Å². The molecule has 1 aromatic heterocycles. The first-order valence-electron chi connectivity index (χ1n) is 5.30. The fraction of sp³-hybridized carbons (Fsp3) is 0.636. The van der Waals surface area contributed by atoms with Gasteiger partial charge >= 0.3 is 0 Å². The molecular formula is C11H18N2O2. The third kappa shape index (κ3) is 4.25. The van der Waals surface area contributed by atoms with Gasteiger partial charge in [-0.05, 0) is 12.3 Å². The minimum absolute atomic E-state index is 0.0838. The van der Waals surface area contributed by atoms with Gasteiger partial charge in [-0.15, -0.1) is 0 Å². The molecule has 1 rings (SSSR count). The normalized spacial score (nSPS) is 12.5. The van der Waals surface area contributed by atoms with Crippen molar-refractivity contribution in [3.63, 3.8) is 0 Å². The third-order valence-electron chi connectivity index (χ3n) is 2.14. The van der Waals surface area contributed by atoms with Gasteiger partial charge in [0.05, 0.1) is 31.3 Å². The Kier molecular flexibility index (Phi) is 5.04. The molecule has 4 heteroatoms. The van der Waals surface area contributed by atoms with Crippen molar-refractivity contribution in [2.24, 2.45) is 5.92 Å². The van der Waals surface area contributed by atoms with E-state index in [0.29, 0.717) is 24.1 Å². The Morgan fingerprint density at radius 1 is 1.40 bits per heavy atom. The molecular weight excluding hydrogens is 192 g/mol. The zero-order chi connectivity index (χ0) is 11.1. The fourth-order valence-corrected chi connectivity index (χ4v) is 1.30. The molecule has 1 aromatic rings. The Hall–Kier alpha value is -1.16. The average molecular weight is 210 g/mol. The molecule has 15 heavy (non-hydrogen) atoms. The van der Waals surface area contributed by atoms with E-state index in [-0.39, 0.29) is 6.61 Å². The molecule has 0 saturated heterocycles. The van der Waals surface area contributed by atoms with Gasteiger partial charge in [-0.3, -0.25) is 4.98 Å². The van der Waals surface area contributed by atoms with Crippen molar-refractivity contribution in [1.29, 1.82) is 0 Å². The summed E-state index contributed by atoms with van der Waals surface area (Å²) in [5.41, 5.74) is 0.559. The predicted octanol–water partition coefficient (Wildman–Crippen LogP) is 1.78. The maximum Gasteiger partial charge on any atom is 0.232 e. The average Bonchev–Trinajstić information content (AvgIpc) is 2.27. The Morgan fingerprint density at radius 3 is 2.73 bits per heavy atom. The van der Waals surface area contributed by atoms with E-state index in [9.17, 15) is 0 Å². The summed E-state index contributed by atoms with van der Waals surface area (Å²) >= 11 is 0. The zero-order valence-corrected chi connectivity index (χ0v) is 9.31. The molecule has 0 aromatic carbocycles. The molecule has 1 unspecified atom stereocenters. The summed E-state index contributed by atoms with van der Waals surface area (Å²) in [5, 5.41) is 8.77. The molecule has 0 spiro atoms. The number of ether oxygens (including phenoxy) is 1. The van der Waals surface area contributed by atoms with Crippen LogP contribution in [0.4, 0.5) is 0 Å². The van der Waals surface area contributed by atoms with E-state index < -0.39 is 0 Å². The van der Waals surface area contributed by atoms with Gasteiger partial charge in [0.25, 0.3) is 0 Å². The summed E-state index contributed by atoms with van der Waals surface area (Å²) in [5.74, 6) is 1.06. The van der Waals surface area contributed by atoms with Crippen molar-refractivity contribution in [3.05, 3.63) is 18.1 Å². The van der Waals surface area contributed by atoms with Crippen molar-refractivity contribution in [1.82, 2.24) is 9.97 Å². The highest BCUT2D eigenvalue weighted by atomic mass is 16.5. The molecule has 0 radical (unpaired) electrons. The number of hydrogen-bond acceptors (Lipinski definition) is 4. The van der Waals surface area contributed by atoms with Crippen LogP contribution in [0.5, 0.6) is 5.88 Å². The maximum absolute atomic E-state index is 8.77. The summed E-state index contributed by atoms with van der Waals surface area (Å²) in [6.07, 6.45) is 5.39. The lowest BCUT2D eigenvalue weighted by Crippen LogP contribution is -2.09. The van der Waals surface area contributed by atoms with Crippen LogP contribution in [-0.4, -0.2) is 21.7 Å². The molecule has 0 aliphatic carbocycles. The minimum Gasteiger partial charge on any atom is -0.476 e. The van der Waals surface area contributed by atoms with E-state index >= 15 is 0 Å². The number of hydrogen-bond donors (Lipinski definition) is 1. The van der Waals surface area contributed by atoms with Gasteiger partial charge in [-0.1, -0.05) is 20.3 Å². The first-order valence-corrected chi connectivity index (χ1v) is 5.30. The van der Waals surface area contributed by atoms with Crippen LogP contribution in [0.1, 0.15) is 32.4 Å². The van der Waals surface area contributed by atoms with E-state index in [2.05, 4.69) is 23.8 Å². The van der Waals surface area contributed by atoms with Crippen molar-refractivity contribution in [2.45, 2.75) is 33.3 Å². The lowest BCUT2D eigenvalue weighted by atomic mass is 10.1. The fourth-order valence-electron chi connectivity index (χ4n) is 1.30. The highest BCUT2D eigenvalue weighted by molar-refractivity contribution is 5.06. The Labute approximate surface area is 90.3 Å². The lowest BCUT2D eigenvalue weighted by Gasteiger charge is -2.10. The molecule has 1 heterocycles. The van der Waals surface area contributed by atoms with E-state index in [1.165, 1.54) is 12.6 Å². The second-order valence-corrected chi connectivity index (χ2v) is 3.71. The summed E-state index contributed by atoms with van der Waals surface area (Å²) < 4.78 is 5.46. The number of rotatable bonds is 6. The van der Waals surface area contributed by atoms with Crippen LogP contribution in [0.2, 0.25) is 0 Å². The lowest BCUT2D eigenvalue weighted by molar-refractivity contribution is 0.240. The molecule has 0 amide bonds. The van der Waals surface area contributed by atoms with Gasteiger partial charge in [0, 0.05) is 0 Å². The highest BCUT2D eigenvalue weighted by Gasteiger charge is 2.03. The molecule has 84 valence electrons. The van der Waals surface area contributed by atoms with Crippen LogP contribution in [0.3, 0.4) is 0 Å². The summed E-state index contributed by atoms with van der Waals surface area (Å²) in [6.45, 7) is 4.89. The topological polar surface area (TPSA) is 55.2 Å². The number of aliphatic hydroxyl groups excluding tert-OH is 1. The van der Waals surface area contributed by atoms with Gasteiger partial charge in [0.1, 0.15) is 0 Å². The van der Waals surface area contributed by atoms with Gasteiger partial charge < -0.3 is 9.84 Å². The molecule has 1 atom stereocenters. The van der Waals surface area contributed by atoms with Crippen molar-refractivity contribution in [2.75, 3.05) is 6.61 Å². The number of aromatic nitrogens is 2. The largest absolute Gasteiger partial charge is 0.476 e. The van der Waals surface area contributed by atoms with Crippen LogP contribution in [0.25, 0.3) is 0 Å². The Morgan fingerprint density at radius 2 is 2.20 bits per heavy atom. The summed E-state index contributed by atoms with van der Waals surface area (Å²) in [6, 6.07) is 0. The quantitative estimate of drug-likeness (QED) is 0.777. The number of nitrogens with zero attached hydrogens (tertiary/aromatic N) is 2. The predicted molar refractivity (Wildman–Crippen MR) is 57.5 cm³/mol. The van der Waals surface area contributed by atoms with Crippen molar-refractivity contribution in [3.8, 4) is 5.88 Å². The standard InChI is InChI=1S/C11H18N2O2/c1-3-4-9(2)8-15-11-6-12-10(7-14)5-13-11/h5-6,9,14H,3-4,7-8H2,1-2H3. The van der Waals surface area contributed by atoms with Crippen LogP contribution in [0, 0.1) is 5.92 Å². The first-order chi connectivity index (χ1) is 7.26. The minimum atomic E-state index is -0.0838. The van der Waals surface area contributed by atoms with Gasteiger partial charge in [0.15, 0.2) is 0 Å². The molecule has 0 bridgehead atoms. The molecule has 0 aliphatic rings. The summed E-state index contributed by atoms with van der Waals surface area (Å²) in [4.78, 5) is 8.02. The molecule has 1 N–H and O–H groups in total. The van der Waals surface area contributed by atoms with Gasteiger partial charge in [0.2, 0.25) is 5.88 Å². The monoisotopic (exact) mass is 210 g/mol. The van der Waals surface area contributed by atoms with Gasteiger partial charge in [-0.25, -0.2) is 4.98 Å². The second-order valence-electron chi connectivity index (χ2n) is 3.71. The van der Waals surface area contributed by atoms with Crippen molar-refractivity contribution < 1.29 is 9.84 Å². The Balaban J connectivity index is 2.37. The zero-order valence-electron chi connectivity index (χ0n) is 9.31. The van der Waals surface area contributed by atoms with Crippen LogP contribution in [-0.2, 0) is 6.61 Å². The molecule has 4 nitrogen and oxygen atoms in total. The molecule has 0 aliphatic heterocycles. The summed E-state index contributed by atoms with van der Waals surface area (Å²) in [7, 11) is 0. The van der Waals surface area contributed by atoms with E-state index in [1.807, 2.05) is 0 Å². The second kappa shape index (κ2) is 6.35. The van der Waals surface area contributed by atoms with Crippen LogP contribution < -0.4 is 4.74 Å². The van der Waals surface area contributed by atoms with E-state index in [1.54, 1.807) is 6.20 Å². The maximum atomic E-state index is 8.77. The van der Waals surface area contributed by atoms with E-state index in [4.69, 9.17) is 9.84 Å². The third-order valence-corrected chi connectivity index (χ3v) is 2.14. The highest BCUT2D eigenvalue weighted by Crippen LogP contribution is 2.09. The van der Waals surface area contributed by atoms with E-state index in [0.717, 1.165) is 6.42 Å². The number of aliphatic hydroxyl groups is 1. The molecule has 0 fully saturated rings. The van der Waals surface area contributed by atoms with Crippen molar-refractivity contribution >= 4 is 0 Å². The smallest absolute Gasteiger partial charge is 0.232 e. The van der Waals surface area contributed by atoms with Crippen LogP contribution >= 0.6 is 0 Å². The molecule has 0 saturated carbocycles. The van der Waals surface area contributed by atoms with Crippen LogP contribution in [0.15, 0.2) is 12.4 Å². The Bertz CT molecular complexity index is 274. The SMILES string of the molecule is CCCC(C)COc1cnc(CO)cn1.